The number of carbonyl (C=O) groups excluding carboxylic acids is 5. The third kappa shape index (κ3) is 12.6. The molecule has 3 aromatic rings. The number of alkyl carbamates (subject to hydrolysis) is 1. The van der Waals surface area contributed by atoms with Crippen molar-refractivity contribution in [3.63, 3.8) is 0 Å². The molecule has 3 rings (SSSR count). The third-order valence-electron chi connectivity index (χ3n) is 7.36. The summed E-state index contributed by atoms with van der Waals surface area (Å²) in [6.07, 6.45) is -0.973. The van der Waals surface area contributed by atoms with Crippen molar-refractivity contribution >= 4 is 52.1 Å². The summed E-state index contributed by atoms with van der Waals surface area (Å²) in [6.45, 7) is 12.5. The molecule has 0 aliphatic rings. The molecule has 0 radical (unpaired) electrons. The van der Waals surface area contributed by atoms with E-state index in [0.29, 0.717) is 40.8 Å². The van der Waals surface area contributed by atoms with Crippen molar-refractivity contribution in [3.05, 3.63) is 76.3 Å². The van der Waals surface area contributed by atoms with Gasteiger partial charge in [0.25, 0.3) is 5.91 Å². The van der Waals surface area contributed by atoms with Crippen molar-refractivity contribution in [3.8, 4) is 0 Å². The second-order valence-corrected chi connectivity index (χ2v) is 15.1. The number of hydrogen-bond donors (Lipinski definition) is 5. The first-order valence-corrected chi connectivity index (χ1v) is 17.3. The quantitative estimate of drug-likeness (QED) is 0.136. The largest absolute Gasteiger partial charge is 0.412 e. The molecule has 0 bridgehead atoms. The molecule has 0 aliphatic carbocycles. The number of anilines is 2. The van der Waals surface area contributed by atoms with Gasteiger partial charge in [0, 0.05) is 44.7 Å². The van der Waals surface area contributed by atoms with E-state index in [4.69, 9.17) is 15.2 Å². The fourth-order valence-electron chi connectivity index (χ4n) is 4.78. The Kier molecular flexibility index (Phi) is 13.5. The summed E-state index contributed by atoms with van der Waals surface area (Å²) in [4.78, 5) is 68.9. The lowest BCUT2D eigenvalue weighted by Gasteiger charge is -2.42. The van der Waals surface area contributed by atoms with Gasteiger partial charge in [0.05, 0.1) is 11.1 Å². The van der Waals surface area contributed by atoms with Crippen LogP contribution in [0.5, 0.6) is 0 Å². The van der Waals surface area contributed by atoms with Crippen LogP contribution in [0.3, 0.4) is 0 Å². The van der Waals surface area contributed by atoms with E-state index < -0.39 is 29.1 Å². The Morgan fingerprint density at radius 1 is 0.882 bits per heavy atom. The summed E-state index contributed by atoms with van der Waals surface area (Å²) in [6, 6.07) is 16.7. The summed E-state index contributed by atoms with van der Waals surface area (Å²) < 4.78 is 11.1. The number of hydrogen-bond acceptors (Lipinski definition) is 10. The van der Waals surface area contributed by atoms with Crippen LogP contribution >= 0.6 is 11.3 Å². The molecule has 0 spiro atoms. The molecule has 0 saturated carbocycles. The predicted octanol–water partition coefficient (Wildman–Crippen LogP) is 5.40. The van der Waals surface area contributed by atoms with Gasteiger partial charge < -0.3 is 41.4 Å². The topological polar surface area (TPSA) is 194 Å². The molecule has 2 aromatic carbocycles. The fourth-order valence-corrected chi connectivity index (χ4v) is 5.75. The number of carbonyl (C=O) groups is 5. The number of amides is 5. The highest BCUT2D eigenvalue weighted by molar-refractivity contribution is 7.17. The second kappa shape index (κ2) is 17.2. The highest BCUT2D eigenvalue weighted by Gasteiger charge is 2.50. The summed E-state index contributed by atoms with van der Waals surface area (Å²) in [5.41, 5.74) is 6.69. The molecule has 1 aromatic heterocycles. The fraction of sp³-hybridized carbons (Fsp3) is 0.444. The van der Waals surface area contributed by atoms with E-state index in [1.54, 1.807) is 65.6 Å². The van der Waals surface area contributed by atoms with Crippen molar-refractivity contribution in [1.29, 1.82) is 0 Å². The minimum absolute atomic E-state index is 0.110. The molecule has 0 fully saturated rings. The number of nitrogens with zero attached hydrogens (tertiary/aromatic N) is 2. The summed E-state index contributed by atoms with van der Waals surface area (Å²) in [7, 11) is 1.72. The monoisotopic (exact) mass is 723 g/mol. The van der Waals surface area contributed by atoms with Crippen LogP contribution < -0.4 is 27.0 Å². The molecule has 51 heavy (non-hydrogen) atoms. The zero-order chi connectivity index (χ0) is 38.0. The first-order chi connectivity index (χ1) is 23.8. The van der Waals surface area contributed by atoms with Crippen LogP contribution in [0.15, 0.2) is 54.6 Å². The van der Waals surface area contributed by atoms with Gasteiger partial charge in [0.15, 0.2) is 5.13 Å². The highest BCUT2D eigenvalue weighted by atomic mass is 32.1. The SMILES string of the molecule is CC(=O)Nc1nc(CCc2ccc(NC(OC(N)=O)(OC(=O)NC(C)(C)C)C(C)(C)C)cc2)c(C(=O)NCCC(=O)N(C)Cc2ccccc2)s1. The van der Waals surface area contributed by atoms with Gasteiger partial charge in [-0.3, -0.25) is 14.4 Å². The van der Waals surface area contributed by atoms with Gasteiger partial charge in [0.2, 0.25) is 11.8 Å². The Balaban J connectivity index is 1.70. The minimum atomic E-state index is -1.96. The number of nitrogens with one attached hydrogen (secondary N) is 4. The average Bonchev–Trinajstić information content (AvgIpc) is 3.41. The van der Waals surface area contributed by atoms with E-state index in [2.05, 4.69) is 26.3 Å². The predicted molar refractivity (Wildman–Crippen MR) is 196 cm³/mol. The lowest BCUT2D eigenvalue weighted by Crippen LogP contribution is -2.59. The van der Waals surface area contributed by atoms with Crippen LogP contribution in [0.4, 0.5) is 20.4 Å². The van der Waals surface area contributed by atoms with Gasteiger partial charge >= 0.3 is 18.1 Å². The zero-order valence-corrected chi connectivity index (χ0v) is 31.3. The van der Waals surface area contributed by atoms with Crippen molar-refractivity contribution in [1.82, 2.24) is 20.5 Å². The molecule has 1 atom stereocenters. The molecule has 0 aliphatic heterocycles. The minimum Gasteiger partial charge on any atom is -0.387 e. The van der Waals surface area contributed by atoms with Gasteiger partial charge in [-0.05, 0) is 56.9 Å². The van der Waals surface area contributed by atoms with Crippen molar-refractivity contribution in [2.75, 3.05) is 24.2 Å². The van der Waals surface area contributed by atoms with Gasteiger partial charge in [-0.2, -0.15) is 0 Å². The molecular weight excluding hydrogens is 675 g/mol. The number of nitrogens with two attached hydrogens (primary N) is 1. The second-order valence-electron chi connectivity index (χ2n) is 14.1. The number of aromatic nitrogens is 1. The van der Waals surface area contributed by atoms with Crippen LogP contribution in [-0.2, 0) is 38.4 Å². The molecular formula is C36H49N7O7S. The van der Waals surface area contributed by atoms with Crippen LogP contribution in [0, 0.1) is 5.41 Å². The van der Waals surface area contributed by atoms with Crippen molar-refractivity contribution in [2.45, 2.75) is 85.7 Å². The Bertz CT molecular complexity index is 1680. The molecule has 1 unspecified atom stereocenters. The lowest BCUT2D eigenvalue weighted by atomic mass is 9.90. The van der Waals surface area contributed by atoms with Crippen LogP contribution in [0.25, 0.3) is 0 Å². The number of aryl methyl sites for hydroxylation is 2. The van der Waals surface area contributed by atoms with Gasteiger partial charge in [-0.15, -0.1) is 0 Å². The summed E-state index contributed by atoms with van der Waals surface area (Å²) in [5, 5.41) is 11.5. The van der Waals surface area contributed by atoms with Crippen LogP contribution in [0.1, 0.15) is 81.4 Å². The smallest absolute Gasteiger partial charge is 0.387 e. The van der Waals surface area contributed by atoms with E-state index >= 15 is 0 Å². The Morgan fingerprint density at radius 2 is 1.53 bits per heavy atom. The van der Waals surface area contributed by atoms with Crippen molar-refractivity contribution in [2.24, 2.45) is 11.1 Å². The van der Waals surface area contributed by atoms with Crippen LogP contribution in [0.2, 0.25) is 0 Å². The number of rotatable bonds is 14. The molecule has 1 heterocycles. The first kappa shape index (κ1) is 40.3. The van der Waals surface area contributed by atoms with E-state index in [-0.39, 0.29) is 30.7 Å². The van der Waals surface area contributed by atoms with Crippen molar-refractivity contribution < 1.29 is 33.4 Å². The van der Waals surface area contributed by atoms with E-state index in [9.17, 15) is 24.0 Å². The maximum absolute atomic E-state index is 13.2. The normalized spacial score (nSPS) is 12.5. The zero-order valence-electron chi connectivity index (χ0n) is 30.5. The molecule has 5 amide bonds. The standard InChI is InChI=1S/C36H49N7O7S/c1-23(44)39-32-40-27(29(51-32)30(46)38-21-20-28(45)43(8)22-25-12-10-9-11-13-25)19-16-24-14-17-26(18-15-24)41-36(34(2,3)4,49-31(37)47)50-33(48)42-35(5,6)7/h9-15,17-18,41H,16,19-22H2,1-8H3,(H2,37,47)(H,38,46)(H,42,48)(H,39,40,44). The van der Waals surface area contributed by atoms with Crippen LogP contribution in [-0.4, -0.2) is 64.8 Å². The van der Waals surface area contributed by atoms with Gasteiger partial charge in [-0.25, -0.2) is 14.6 Å². The average molecular weight is 724 g/mol. The van der Waals surface area contributed by atoms with E-state index in [0.717, 1.165) is 22.5 Å². The summed E-state index contributed by atoms with van der Waals surface area (Å²) in [5.74, 6) is -2.77. The number of primary amides is 1. The van der Waals surface area contributed by atoms with Gasteiger partial charge in [-0.1, -0.05) is 74.6 Å². The molecule has 14 nitrogen and oxygen atoms in total. The number of benzene rings is 2. The first-order valence-electron chi connectivity index (χ1n) is 16.5. The molecule has 6 N–H and O–H groups in total. The highest BCUT2D eigenvalue weighted by Crippen LogP contribution is 2.37. The number of thiazole rings is 1. The molecule has 0 saturated heterocycles. The molecule has 276 valence electrons. The third-order valence-corrected chi connectivity index (χ3v) is 8.37. The van der Waals surface area contributed by atoms with E-state index in [1.165, 1.54) is 6.92 Å². The Hall–Kier alpha value is -5.18. The van der Waals surface area contributed by atoms with Gasteiger partial charge in [0.1, 0.15) is 4.88 Å². The molecule has 15 heteroatoms. The summed E-state index contributed by atoms with van der Waals surface area (Å²) >= 11 is 1.06. The Labute approximate surface area is 302 Å². The number of ether oxygens (including phenoxy) is 2. The maximum Gasteiger partial charge on any atom is 0.412 e. The maximum atomic E-state index is 13.2. The Morgan fingerprint density at radius 3 is 2.10 bits per heavy atom. The lowest BCUT2D eigenvalue weighted by molar-refractivity contribution is -0.202. The van der Waals surface area contributed by atoms with E-state index in [1.807, 2.05) is 42.5 Å².